The number of aromatic amines is 1. The van der Waals surface area contributed by atoms with Crippen LogP contribution in [0.4, 0.5) is 0 Å². The second kappa shape index (κ2) is 7.03. The molecule has 1 heterocycles. The molecular formula is C21H27N5OS. The van der Waals surface area contributed by atoms with E-state index in [9.17, 15) is 4.79 Å². The quantitative estimate of drug-likeness (QED) is 0.585. The highest BCUT2D eigenvalue weighted by Crippen LogP contribution is 2.63. The largest absolute Gasteiger partial charge is 0.272 e. The van der Waals surface area contributed by atoms with Crippen molar-refractivity contribution in [3.63, 3.8) is 0 Å². The number of amides is 1. The van der Waals surface area contributed by atoms with Gasteiger partial charge in [-0.25, -0.2) is 10.4 Å². The van der Waals surface area contributed by atoms with E-state index in [0.29, 0.717) is 16.9 Å². The van der Waals surface area contributed by atoms with Gasteiger partial charge in [-0.2, -0.15) is 5.10 Å². The molecule has 2 bridgehead atoms. The van der Waals surface area contributed by atoms with E-state index in [4.69, 9.17) is 0 Å². The van der Waals surface area contributed by atoms with Crippen LogP contribution in [-0.4, -0.2) is 32.6 Å². The SMILES string of the molecule is Cc1ccc(-c2nc(SCC(=O)N/N=C3\CC4CCC3(C)C4(C)C)n[nH]2)cc1. The molecule has 148 valence electrons. The Balaban J connectivity index is 1.33. The van der Waals surface area contributed by atoms with Crippen LogP contribution in [0.25, 0.3) is 11.4 Å². The van der Waals surface area contributed by atoms with E-state index in [1.54, 1.807) is 0 Å². The molecule has 1 aromatic carbocycles. The number of hydrogen-bond acceptors (Lipinski definition) is 5. The number of thioether (sulfide) groups is 1. The summed E-state index contributed by atoms with van der Waals surface area (Å²) in [5.41, 5.74) is 6.44. The monoisotopic (exact) mass is 397 g/mol. The van der Waals surface area contributed by atoms with Crippen molar-refractivity contribution in [3.8, 4) is 11.4 Å². The third kappa shape index (κ3) is 3.26. The Morgan fingerprint density at radius 3 is 2.71 bits per heavy atom. The highest BCUT2D eigenvalue weighted by molar-refractivity contribution is 7.99. The first-order valence-electron chi connectivity index (χ1n) is 9.78. The second-order valence-corrected chi connectivity index (χ2v) is 9.65. The minimum Gasteiger partial charge on any atom is -0.272 e. The average molecular weight is 398 g/mol. The molecule has 2 saturated carbocycles. The van der Waals surface area contributed by atoms with Crippen LogP contribution in [0.3, 0.4) is 0 Å². The first-order valence-corrected chi connectivity index (χ1v) is 10.8. The van der Waals surface area contributed by atoms with Crippen LogP contribution in [0, 0.1) is 23.7 Å². The number of H-pyrrole nitrogens is 1. The number of hydrazone groups is 1. The Labute approximate surface area is 170 Å². The van der Waals surface area contributed by atoms with Crippen molar-refractivity contribution in [2.45, 2.75) is 52.1 Å². The van der Waals surface area contributed by atoms with Gasteiger partial charge in [0.2, 0.25) is 5.16 Å². The molecule has 2 N–H and O–H groups in total. The van der Waals surface area contributed by atoms with Crippen molar-refractivity contribution in [2.75, 3.05) is 5.75 Å². The van der Waals surface area contributed by atoms with Gasteiger partial charge in [0.05, 0.1) is 5.75 Å². The van der Waals surface area contributed by atoms with Crippen LogP contribution >= 0.6 is 11.8 Å². The van der Waals surface area contributed by atoms with Crippen molar-refractivity contribution >= 4 is 23.4 Å². The van der Waals surface area contributed by atoms with Crippen LogP contribution in [0.15, 0.2) is 34.5 Å². The molecule has 28 heavy (non-hydrogen) atoms. The fourth-order valence-corrected chi connectivity index (χ4v) is 5.13. The van der Waals surface area contributed by atoms with Gasteiger partial charge in [-0.1, -0.05) is 62.4 Å². The zero-order valence-corrected chi connectivity index (χ0v) is 17.7. The van der Waals surface area contributed by atoms with Crippen molar-refractivity contribution < 1.29 is 4.79 Å². The lowest BCUT2D eigenvalue weighted by atomic mass is 9.70. The van der Waals surface area contributed by atoms with Gasteiger partial charge in [-0.3, -0.25) is 9.89 Å². The molecule has 1 amide bonds. The minimum absolute atomic E-state index is 0.102. The van der Waals surface area contributed by atoms with Gasteiger partial charge < -0.3 is 0 Å². The molecule has 2 aliphatic carbocycles. The number of hydrogen-bond donors (Lipinski definition) is 2. The maximum Gasteiger partial charge on any atom is 0.250 e. The molecule has 4 rings (SSSR count). The summed E-state index contributed by atoms with van der Waals surface area (Å²) >= 11 is 1.31. The first kappa shape index (κ1) is 19.2. The number of aromatic nitrogens is 3. The average Bonchev–Trinajstić information content (AvgIpc) is 3.28. The summed E-state index contributed by atoms with van der Waals surface area (Å²) in [7, 11) is 0. The van der Waals surface area contributed by atoms with Crippen molar-refractivity contribution in [1.82, 2.24) is 20.6 Å². The number of fused-ring (bicyclic) bond motifs is 2. The van der Waals surface area contributed by atoms with Crippen LogP contribution in [-0.2, 0) is 4.79 Å². The molecule has 0 radical (unpaired) electrons. The van der Waals surface area contributed by atoms with Gasteiger partial charge in [-0.05, 0) is 37.5 Å². The van der Waals surface area contributed by atoms with Crippen LogP contribution in [0.5, 0.6) is 0 Å². The van der Waals surface area contributed by atoms with Crippen molar-refractivity contribution in [3.05, 3.63) is 29.8 Å². The van der Waals surface area contributed by atoms with E-state index in [2.05, 4.69) is 46.5 Å². The molecule has 0 aliphatic heterocycles. The van der Waals surface area contributed by atoms with Gasteiger partial charge in [0.15, 0.2) is 5.82 Å². The van der Waals surface area contributed by atoms with Crippen LogP contribution in [0.1, 0.15) is 45.6 Å². The molecule has 0 spiro atoms. The summed E-state index contributed by atoms with van der Waals surface area (Å²) in [4.78, 5) is 16.7. The predicted molar refractivity (Wildman–Crippen MR) is 112 cm³/mol. The molecule has 7 heteroatoms. The number of nitrogens with zero attached hydrogens (tertiary/aromatic N) is 3. The number of benzene rings is 1. The Morgan fingerprint density at radius 2 is 2.07 bits per heavy atom. The summed E-state index contributed by atoms with van der Waals surface area (Å²) < 4.78 is 0. The van der Waals surface area contributed by atoms with Crippen molar-refractivity contribution in [1.29, 1.82) is 0 Å². The van der Waals surface area contributed by atoms with E-state index in [1.165, 1.54) is 23.7 Å². The number of aryl methyl sites for hydroxylation is 1. The fourth-order valence-electron chi connectivity index (χ4n) is 4.54. The Bertz CT molecular complexity index is 917. The Morgan fingerprint density at radius 1 is 1.32 bits per heavy atom. The van der Waals surface area contributed by atoms with E-state index in [0.717, 1.165) is 24.1 Å². The predicted octanol–water partition coefficient (Wildman–Crippen LogP) is 4.19. The zero-order valence-electron chi connectivity index (χ0n) is 16.9. The van der Waals surface area contributed by atoms with Crippen molar-refractivity contribution in [2.24, 2.45) is 21.8 Å². The molecule has 2 unspecified atom stereocenters. The standard InChI is InChI=1S/C21H27N5OS/c1-13-5-7-14(8-6-13)18-22-19(26-25-18)28-12-17(27)24-23-16-11-15-9-10-21(16,4)20(15,2)3/h5-8,15H,9-12H2,1-4H3,(H,24,27)(H,22,25,26)/b23-16+. The molecule has 2 aliphatic rings. The van der Waals surface area contributed by atoms with Gasteiger partial charge in [0.1, 0.15) is 0 Å². The lowest BCUT2D eigenvalue weighted by Gasteiger charge is -2.34. The molecule has 6 nitrogen and oxygen atoms in total. The summed E-state index contributed by atoms with van der Waals surface area (Å²) in [5, 5.41) is 12.2. The summed E-state index contributed by atoms with van der Waals surface area (Å²) in [6.45, 7) is 9.00. The highest BCUT2D eigenvalue weighted by atomic mass is 32.2. The lowest BCUT2D eigenvalue weighted by Crippen LogP contribution is -2.34. The topological polar surface area (TPSA) is 83.0 Å². The normalized spacial score (nSPS) is 26.7. The lowest BCUT2D eigenvalue weighted by molar-refractivity contribution is -0.118. The fraction of sp³-hybridized carbons (Fsp3) is 0.524. The summed E-state index contributed by atoms with van der Waals surface area (Å²) in [6.07, 6.45) is 3.42. The minimum atomic E-state index is -0.122. The Kier molecular flexibility index (Phi) is 4.81. The van der Waals surface area contributed by atoms with E-state index >= 15 is 0 Å². The second-order valence-electron chi connectivity index (χ2n) is 8.71. The molecule has 2 fully saturated rings. The number of rotatable bonds is 5. The number of nitrogens with one attached hydrogen (secondary N) is 2. The molecule has 1 aromatic heterocycles. The number of carbonyl (C=O) groups excluding carboxylic acids is 1. The van der Waals surface area contributed by atoms with Gasteiger partial charge in [0.25, 0.3) is 5.91 Å². The summed E-state index contributed by atoms with van der Waals surface area (Å²) in [6, 6.07) is 8.08. The third-order valence-corrected chi connectivity index (χ3v) is 7.80. The maximum absolute atomic E-state index is 12.3. The zero-order chi connectivity index (χ0) is 19.9. The van der Waals surface area contributed by atoms with E-state index < -0.39 is 0 Å². The Hall–Kier alpha value is -2.15. The molecule has 2 aromatic rings. The molecular weight excluding hydrogens is 370 g/mol. The van der Waals surface area contributed by atoms with E-state index in [-0.39, 0.29) is 22.5 Å². The molecule has 0 saturated heterocycles. The highest BCUT2D eigenvalue weighted by Gasteiger charge is 2.60. The third-order valence-electron chi connectivity index (χ3n) is 6.95. The van der Waals surface area contributed by atoms with Gasteiger partial charge in [0, 0.05) is 16.7 Å². The van der Waals surface area contributed by atoms with Crippen LogP contribution in [0.2, 0.25) is 0 Å². The van der Waals surface area contributed by atoms with Gasteiger partial charge >= 0.3 is 0 Å². The molecule has 2 atom stereocenters. The first-order chi connectivity index (χ1) is 13.3. The maximum atomic E-state index is 12.3. The van der Waals surface area contributed by atoms with E-state index in [1.807, 2.05) is 31.2 Å². The smallest absolute Gasteiger partial charge is 0.250 e. The number of carbonyl (C=O) groups is 1. The van der Waals surface area contributed by atoms with Gasteiger partial charge in [-0.15, -0.1) is 5.10 Å². The summed E-state index contributed by atoms with van der Waals surface area (Å²) in [5.74, 6) is 1.51. The van der Waals surface area contributed by atoms with Crippen LogP contribution < -0.4 is 5.43 Å².